The summed E-state index contributed by atoms with van der Waals surface area (Å²) in [6.45, 7) is 3.62. The lowest BCUT2D eigenvalue weighted by Crippen LogP contribution is -2.25. The smallest absolute Gasteiger partial charge is 0.229 e. The zero-order valence-electron chi connectivity index (χ0n) is 9.46. The highest BCUT2D eigenvalue weighted by Gasteiger charge is 2.15. The van der Waals surface area contributed by atoms with Crippen molar-refractivity contribution in [2.24, 2.45) is 5.92 Å². The number of anilines is 1. The molecule has 2 N–H and O–H groups in total. The second-order valence-electron chi connectivity index (χ2n) is 3.74. The van der Waals surface area contributed by atoms with Crippen LogP contribution in [0.5, 0.6) is 0 Å². The SMILES string of the molecule is CCC(CO)C(=O)Nc1ccc(Cl)cc1C. The van der Waals surface area contributed by atoms with E-state index in [1.807, 2.05) is 13.8 Å². The fourth-order valence-electron chi connectivity index (χ4n) is 1.40. The van der Waals surface area contributed by atoms with Crippen molar-refractivity contribution in [3.05, 3.63) is 28.8 Å². The highest BCUT2D eigenvalue weighted by atomic mass is 35.5. The van der Waals surface area contributed by atoms with Crippen LogP contribution in [0.1, 0.15) is 18.9 Å². The summed E-state index contributed by atoms with van der Waals surface area (Å²) >= 11 is 5.82. The molecule has 0 aromatic heterocycles. The van der Waals surface area contributed by atoms with E-state index >= 15 is 0 Å². The Labute approximate surface area is 100 Å². The quantitative estimate of drug-likeness (QED) is 0.851. The van der Waals surface area contributed by atoms with Crippen LogP contribution in [0.3, 0.4) is 0 Å². The van der Waals surface area contributed by atoms with Gasteiger partial charge in [-0.2, -0.15) is 0 Å². The van der Waals surface area contributed by atoms with Crippen molar-refractivity contribution in [1.82, 2.24) is 0 Å². The predicted molar refractivity (Wildman–Crippen MR) is 65.7 cm³/mol. The fourth-order valence-corrected chi connectivity index (χ4v) is 1.63. The Morgan fingerprint density at radius 1 is 1.56 bits per heavy atom. The maximum absolute atomic E-state index is 11.7. The monoisotopic (exact) mass is 241 g/mol. The number of nitrogens with one attached hydrogen (secondary N) is 1. The van der Waals surface area contributed by atoms with Crippen molar-refractivity contribution in [3.8, 4) is 0 Å². The van der Waals surface area contributed by atoms with Gasteiger partial charge in [-0.15, -0.1) is 0 Å². The maximum Gasteiger partial charge on any atom is 0.229 e. The summed E-state index contributed by atoms with van der Waals surface area (Å²) in [6, 6.07) is 5.28. The third-order valence-electron chi connectivity index (χ3n) is 2.53. The van der Waals surface area contributed by atoms with Gasteiger partial charge in [0.15, 0.2) is 0 Å². The Hall–Kier alpha value is -1.06. The van der Waals surface area contributed by atoms with Crippen LogP contribution in [0, 0.1) is 12.8 Å². The Kier molecular flexibility index (Phi) is 4.77. The number of rotatable bonds is 4. The molecule has 1 amide bonds. The summed E-state index contributed by atoms with van der Waals surface area (Å²) in [5, 5.41) is 12.4. The lowest BCUT2D eigenvalue weighted by molar-refractivity contribution is -0.121. The zero-order chi connectivity index (χ0) is 12.1. The third kappa shape index (κ3) is 3.22. The minimum absolute atomic E-state index is 0.130. The van der Waals surface area contributed by atoms with Crippen LogP contribution < -0.4 is 5.32 Å². The van der Waals surface area contributed by atoms with E-state index in [1.54, 1.807) is 18.2 Å². The van der Waals surface area contributed by atoms with Gasteiger partial charge in [-0.05, 0) is 37.1 Å². The zero-order valence-corrected chi connectivity index (χ0v) is 10.2. The number of hydrogen-bond donors (Lipinski definition) is 2. The predicted octanol–water partition coefficient (Wildman–Crippen LogP) is 2.61. The van der Waals surface area contributed by atoms with E-state index in [4.69, 9.17) is 16.7 Å². The normalized spacial score (nSPS) is 12.2. The van der Waals surface area contributed by atoms with Crippen molar-refractivity contribution in [3.63, 3.8) is 0 Å². The van der Waals surface area contributed by atoms with Crippen molar-refractivity contribution >= 4 is 23.2 Å². The van der Waals surface area contributed by atoms with Crippen LogP contribution in [0.4, 0.5) is 5.69 Å². The topological polar surface area (TPSA) is 49.3 Å². The molecule has 0 saturated heterocycles. The minimum Gasteiger partial charge on any atom is -0.396 e. The molecular weight excluding hydrogens is 226 g/mol. The number of carbonyl (C=O) groups excluding carboxylic acids is 1. The van der Waals surface area contributed by atoms with Gasteiger partial charge in [0.1, 0.15) is 0 Å². The first-order chi connectivity index (χ1) is 7.58. The number of halogens is 1. The first-order valence-electron chi connectivity index (χ1n) is 5.26. The van der Waals surface area contributed by atoms with E-state index in [2.05, 4.69) is 5.32 Å². The molecule has 1 unspecified atom stereocenters. The molecule has 0 aliphatic carbocycles. The first-order valence-corrected chi connectivity index (χ1v) is 5.64. The summed E-state index contributed by atoms with van der Waals surface area (Å²) < 4.78 is 0. The standard InChI is InChI=1S/C12H16ClNO2/c1-3-9(7-15)12(16)14-11-5-4-10(13)6-8(11)2/h4-6,9,15H,3,7H2,1-2H3,(H,14,16). The van der Waals surface area contributed by atoms with Gasteiger partial charge in [-0.3, -0.25) is 4.79 Å². The number of aliphatic hydroxyl groups excluding tert-OH is 1. The maximum atomic E-state index is 11.7. The molecule has 0 spiro atoms. The lowest BCUT2D eigenvalue weighted by Gasteiger charge is -2.13. The molecule has 1 aromatic rings. The average Bonchev–Trinajstić information content (AvgIpc) is 2.24. The Morgan fingerprint density at radius 2 is 2.25 bits per heavy atom. The second-order valence-corrected chi connectivity index (χ2v) is 4.17. The highest BCUT2D eigenvalue weighted by Crippen LogP contribution is 2.20. The van der Waals surface area contributed by atoms with Crippen LogP contribution in [0.15, 0.2) is 18.2 Å². The van der Waals surface area contributed by atoms with Gasteiger partial charge < -0.3 is 10.4 Å². The van der Waals surface area contributed by atoms with Crippen molar-refractivity contribution in [2.45, 2.75) is 20.3 Å². The third-order valence-corrected chi connectivity index (χ3v) is 2.77. The largest absolute Gasteiger partial charge is 0.396 e. The number of aryl methyl sites for hydroxylation is 1. The van der Waals surface area contributed by atoms with Gasteiger partial charge in [0.2, 0.25) is 5.91 Å². The molecular formula is C12H16ClNO2. The van der Waals surface area contributed by atoms with Gasteiger partial charge in [0.25, 0.3) is 0 Å². The second kappa shape index (κ2) is 5.87. The summed E-state index contributed by atoms with van der Waals surface area (Å²) in [5.74, 6) is -0.509. The Bertz CT molecular complexity index is 375. The molecule has 0 saturated carbocycles. The van der Waals surface area contributed by atoms with Gasteiger partial charge >= 0.3 is 0 Å². The number of hydrogen-bond acceptors (Lipinski definition) is 2. The van der Waals surface area contributed by atoms with Crippen molar-refractivity contribution in [1.29, 1.82) is 0 Å². The van der Waals surface area contributed by atoms with Crippen molar-refractivity contribution < 1.29 is 9.90 Å². The molecule has 88 valence electrons. The molecule has 0 fully saturated rings. The van der Waals surface area contributed by atoms with E-state index < -0.39 is 0 Å². The molecule has 0 radical (unpaired) electrons. The molecule has 1 aromatic carbocycles. The summed E-state index contributed by atoms with van der Waals surface area (Å²) in [6.07, 6.45) is 0.620. The van der Waals surface area contributed by atoms with Crippen molar-refractivity contribution in [2.75, 3.05) is 11.9 Å². The number of aliphatic hydroxyl groups is 1. The number of benzene rings is 1. The Balaban J connectivity index is 2.76. The average molecular weight is 242 g/mol. The highest BCUT2D eigenvalue weighted by molar-refractivity contribution is 6.30. The van der Waals surface area contributed by atoms with Gasteiger partial charge in [0, 0.05) is 10.7 Å². The molecule has 0 aliphatic rings. The van der Waals surface area contributed by atoms with Crippen LogP contribution >= 0.6 is 11.6 Å². The molecule has 0 bridgehead atoms. The molecule has 0 heterocycles. The molecule has 0 aliphatic heterocycles. The molecule has 1 atom stereocenters. The Morgan fingerprint density at radius 3 is 2.75 bits per heavy atom. The molecule has 1 rings (SSSR count). The fraction of sp³-hybridized carbons (Fsp3) is 0.417. The number of amides is 1. The lowest BCUT2D eigenvalue weighted by atomic mass is 10.1. The van der Waals surface area contributed by atoms with E-state index in [9.17, 15) is 4.79 Å². The first kappa shape index (κ1) is 13.0. The van der Waals surface area contributed by atoms with E-state index in [-0.39, 0.29) is 18.4 Å². The number of carbonyl (C=O) groups is 1. The van der Waals surface area contributed by atoms with Crippen LogP contribution in [-0.4, -0.2) is 17.6 Å². The molecule has 4 heteroatoms. The van der Waals surface area contributed by atoms with Gasteiger partial charge in [0.05, 0.1) is 12.5 Å². The van der Waals surface area contributed by atoms with E-state index in [0.29, 0.717) is 11.4 Å². The summed E-state index contributed by atoms with van der Waals surface area (Å²) in [7, 11) is 0. The van der Waals surface area contributed by atoms with Gasteiger partial charge in [-0.25, -0.2) is 0 Å². The van der Waals surface area contributed by atoms with E-state index in [0.717, 1.165) is 11.3 Å². The van der Waals surface area contributed by atoms with Crippen LogP contribution in [-0.2, 0) is 4.79 Å². The van der Waals surface area contributed by atoms with Crippen LogP contribution in [0.2, 0.25) is 5.02 Å². The molecule has 16 heavy (non-hydrogen) atoms. The summed E-state index contributed by atoms with van der Waals surface area (Å²) in [4.78, 5) is 11.7. The summed E-state index contributed by atoms with van der Waals surface area (Å²) in [5.41, 5.74) is 1.65. The van der Waals surface area contributed by atoms with Gasteiger partial charge in [-0.1, -0.05) is 18.5 Å². The van der Waals surface area contributed by atoms with Crippen LogP contribution in [0.25, 0.3) is 0 Å². The molecule has 3 nitrogen and oxygen atoms in total. The van der Waals surface area contributed by atoms with E-state index in [1.165, 1.54) is 0 Å². The minimum atomic E-state index is -0.352.